The lowest BCUT2D eigenvalue weighted by molar-refractivity contribution is 0.530. The van der Waals surface area contributed by atoms with Crippen LogP contribution in [0.2, 0.25) is 0 Å². The van der Waals surface area contributed by atoms with E-state index in [4.69, 9.17) is 10.2 Å². The number of thioether (sulfide) groups is 1. The number of nitrogens with two attached hydrogens (primary N) is 1. The SMILES string of the molecule is CCC(N)Cc1cc(Br)ccc1SCc1ccco1. The van der Waals surface area contributed by atoms with E-state index < -0.39 is 0 Å². The van der Waals surface area contributed by atoms with Crippen LogP contribution < -0.4 is 5.73 Å². The van der Waals surface area contributed by atoms with Gasteiger partial charge in [0, 0.05) is 15.4 Å². The normalized spacial score (nSPS) is 12.6. The Morgan fingerprint density at radius 3 is 2.89 bits per heavy atom. The molecule has 0 aliphatic rings. The van der Waals surface area contributed by atoms with Gasteiger partial charge >= 0.3 is 0 Å². The number of rotatable bonds is 6. The van der Waals surface area contributed by atoms with Crippen LogP contribution in [0.1, 0.15) is 24.7 Å². The van der Waals surface area contributed by atoms with Gasteiger partial charge in [-0.15, -0.1) is 11.8 Å². The van der Waals surface area contributed by atoms with E-state index in [1.165, 1.54) is 10.5 Å². The van der Waals surface area contributed by atoms with Crippen LogP contribution in [0.3, 0.4) is 0 Å². The maximum Gasteiger partial charge on any atom is 0.113 e. The average molecular weight is 340 g/mol. The second-order valence-corrected chi connectivity index (χ2v) is 6.43. The number of hydrogen-bond donors (Lipinski definition) is 1. The zero-order valence-corrected chi connectivity index (χ0v) is 13.3. The van der Waals surface area contributed by atoms with Gasteiger partial charge in [-0.05, 0) is 48.7 Å². The third-order valence-electron chi connectivity index (χ3n) is 2.98. The summed E-state index contributed by atoms with van der Waals surface area (Å²) < 4.78 is 6.47. The largest absolute Gasteiger partial charge is 0.468 e. The maximum absolute atomic E-state index is 6.07. The van der Waals surface area contributed by atoms with Crippen LogP contribution in [0.5, 0.6) is 0 Å². The molecule has 0 radical (unpaired) electrons. The van der Waals surface area contributed by atoms with Crippen molar-refractivity contribution in [3.8, 4) is 0 Å². The van der Waals surface area contributed by atoms with Crippen molar-refractivity contribution in [2.45, 2.75) is 36.5 Å². The Morgan fingerprint density at radius 1 is 1.37 bits per heavy atom. The van der Waals surface area contributed by atoms with Crippen LogP contribution >= 0.6 is 27.7 Å². The smallest absolute Gasteiger partial charge is 0.113 e. The average Bonchev–Trinajstić information content (AvgIpc) is 2.91. The van der Waals surface area contributed by atoms with Gasteiger partial charge in [0.25, 0.3) is 0 Å². The van der Waals surface area contributed by atoms with Crippen molar-refractivity contribution in [2.75, 3.05) is 0 Å². The molecule has 2 aromatic rings. The van der Waals surface area contributed by atoms with Crippen LogP contribution in [0.25, 0.3) is 0 Å². The van der Waals surface area contributed by atoms with Gasteiger partial charge in [0.2, 0.25) is 0 Å². The fraction of sp³-hybridized carbons (Fsp3) is 0.333. The van der Waals surface area contributed by atoms with Crippen molar-refractivity contribution in [1.29, 1.82) is 0 Å². The third-order valence-corrected chi connectivity index (χ3v) is 4.61. The molecular formula is C15H18BrNOS. The molecular weight excluding hydrogens is 322 g/mol. The summed E-state index contributed by atoms with van der Waals surface area (Å²) in [5, 5.41) is 0. The zero-order valence-electron chi connectivity index (χ0n) is 10.9. The van der Waals surface area contributed by atoms with E-state index in [-0.39, 0.29) is 6.04 Å². The molecule has 0 aliphatic heterocycles. The minimum absolute atomic E-state index is 0.220. The fourth-order valence-corrected chi connectivity index (χ4v) is 3.18. The topological polar surface area (TPSA) is 39.2 Å². The second kappa shape index (κ2) is 7.17. The summed E-state index contributed by atoms with van der Waals surface area (Å²) in [5.41, 5.74) is 7.38. The highest BCUT2D eigenvalue weighted by Crippen LogP contribution is 2.29. The lowest BCUT2D eigenvalue weighted by Crippen LogP contribution is -2.21. The van der Waals surface area contributed by atoms with E-state index in [9.17, 15) is 0 Å². The van der Waals surface area contributed by atoms with Crippen LogP contribution in [0.4, 0.5) is 0 Å². The Labute approximate surface area is 126 Å². The Hall–Kier alpha value is -0.710. The van der Waals surface area contributed by atoms with Gasteiger partial charge in [-0.25, -0.2) is 0 Å². The van der Waals surface area contributed by atoms with Crippen molar-refractivity contribution in [2.24, 2.45) is 5.73 Å². The number of furan rings is 1. The summed E-state index contributed by atoms with van der Waals surface area (Å²) in [7, 11) is 0. The van der Waals surface area contributed by atoms with E-state index in [2.05, 4.69) is 41.1 Å². The number of benzene rings is 1. The minimum Gasteiger partial charge on any atom is -0.468 e. The molecule has 0 bridgehead atoms. The summed E-state index contributed by atoms with van der Waals surface area (Å²) in [5.74, 6) is 1.85. The van der Waals surface area contributed by atoms with Crippen molar-refractivity contribution in [1.82, 2.24) is 0 Å². The highest BCUT2D eigenvalue weighted by Gasteiger charge is 2.09. The van der Waals surface area contributed by atoms with Crippen molar-refractivity contribution < 1.29 is 4.42 Å². The van der Waals surface area contributed by atoms with E-state index >= 15 is 0 Å². The Kier molecular flexibility index (Phi) is 5.55. The van der Waals surface area contributed by atoms with Crippen molar-refractivity contribution in [3.05, 3.63) is 52.4 Å². The van der Waals surface area contributed by atoms with Crippen molar-refractivity contribution in [3.63, 3.8) is 0 Å². The predicted octanol–water partition coefficient (Wildman–Crippen LogP) is 4.61. The summed E-state index contributed by atoms with van der Waals surface area (Å²) in [6, 6.07) is 10.5. The third kappa shape index (κ3) is 4.41. The molecule has 0 fully saturated rings. The highest BCUT2D eigenvalue weighted by atomic mass is 79.9. The van der Waals surface area contributed by atoms with Crippen LogP contribution in [-0.4, -0.2) is 6.04 Å². The molecule has 2 nitrogen and oxygen atoms in total. The minimum atomic E-state index is 0.220. The Morgan fingerprint density at radius 2 is 2.21 bits per heavy atom. The summed E-state index contributed by atoms with van der Waals surface area (Å²) in [6.07, 6.45) is 3.62. The van der Waals surface area contributed by atoms with Gasteiger partial charge in [-0.3, -0.25) is 0 Å². The first-order chi connectivity index (χ1) is 9.19. The molecule has 1 aromatic carbocycles. The van der Waals surface area contributed by atoms with Gasteiger partial charge in [-0.1, -0.05) is 22.9 Å². The molecule has 1 heterocycles. The van der Waals surface area contributed by atoms with Gasteiger partial charge < -0.3 is 10.2 Å². The van der Waals surface area contributed by atoms with Gasteiger partial charge in [0.1, 0.15) is 5.76 Å². The molecule has 0 aliphatic carbocycles. The molecule has 1 unspecified atom stereocenters. The van der Waals surface area contributed by atoms with Crippen LogP contribution in [0, 0.1) is 0 Å². The Balaban J connectivity index is 2.09. The van der Waals surface area contributed by atoms with Gasteiger partial charge in [0.15, 0.2) is 0 Å². The van der Waals surface area contributed by atoms with Gasteiger partial charge in [-0.2, -0.15) is 0 Å². The summed E-state index contributed by atoms with van der Waals surface area (Å²) in [6.45, 7) is 2.12. The lowest BCUT2D eigenvalue weighted by atomic mass is 10.1. The molecule has 0 saturated heterocycles. The first-order valence-corrected chi connectivity index (χ1v) is 8.16. The summed E-state index contributed by atoms with van der Waals surface area (Å²) in [4.78, 5) is 1.28. The molecule has 4 heteroatoms. The molecule has 2 rings (SSSR count). The molecule has 2 N–H and O–H groups in total. The molecule has 0 spiro atoms. The molecule has 0 saturated carbocycles. The molecule has 19 heavy (non-hydrogen) atoms. The molecule has 1 atom stereocenters. The monoisotopic (exact) mass is 339 g/mol. The maximum atomic E-state index is 6.07. The highest BCUT2D eigenvalue weighted by molar-refractivity contribution is 9.10. The lowest BCUT2D eigenvalue weighted by Gasteiger charge is -2.13. The van der Waals surface area contributed by atoms with E-state index in [1.54, 1.807) is 18.0 Å². The standard InChI is InChI=1S/C15H18BrNOS/c1-2-13(17)9-11-8-12(16)5-6-15(11)19-10-14-4-3-7-18-14/h3-8,13H,2,9-10,17H2,1H3. The number of halogens is 1. The molecule has 0 amide bonds. The van der Waals surface area contributed by atoms with Crippen LogP contribution in [-0.2, 0) is 12.2 Å². The van der Waals surface area contributed by atoms with E-state index in [0.29, 0.717) is 0 Å². The quantitative estimate of drug-likeness (QED) is 0.780. The molecule has 1 aromatic heterocycles. The fourth-order valence-electron chi connectivity index (χ4n) is 1.82. The number of hydrogen-bond acceptors (Lipinski definition) is 3. The van der Waals surface area contributed by atoms with Crippen LogP contribution in [0.15, 0.2) is 50.4 Å². The molecule has 102 valence electrons. The van der Waals surface area contributed by atoms with Gasteiger partial charge in [0.05, 0.1) is 12.0 Å². The Bertz CT molecular complexity index is 513. The first-order valence-electron chi connectivity index (χ1n) is 6.38. The predicted molar refractivity (Wildman–Crippen MR) is 84.4 cm³/mol. The second-order valence-electron chi connectivity index (χ2n) is 4.49. The zero-order chi connectivity index (χ0) is 13.7. The van der Waals surface area contributed by atoms with E-state index in [0.717, 1.165) is 28.8 Å². The van der Waals surface area contributed by atoms with Crippen molar-refractivity contribution >= 4 is 27.7 Å². The van der Waals surface area contributed by atoms with E-state index in [1.807, 2.05) is 12.1 Å². The summed E-state index contributed by atoms with van der Waals surface area (Å²) >= 11 is 5.33. The first kappa shape index (κ1) is 14.7.